The lowest BCUT2D eigenvalue weighted by Gasteiger charge is -2.17. The molecule has 5 nitrogen and oxygen atoms in total. The van der Waals surface area contributed by atoms with Gasteiger partial charge in [-0.25, -0.2) is 0 Å². The molecule has 0 aliphatic rings. The number of alkyl halides is 3. The van der Waals surface area contributed by atoms with Gasteiger partial charge in [-0.3, -0.25) is 9.59 Å². The van der Waals surface area contributed by atoms with Crippen molar-refractivity contribution in [2.24, 2.45) is 5.92 Å². The minimum absolute atomic E-state index is 0.0189. The monoisotopic (exact) mass is 367 g/mol. The van der Waals surface area contributed by atoms with Gasteiger partial charge < -0.3 is 15.2 Å². The van der Waals surface area contributed by atoms with Crippen molar-refractivity contribution in [1.29, 1.82) is 0 Å². The second-order valence-electron chi connectivity index (χ2n) is 4.80. The zero-order valence-corrected chi connectivity index (χ0v) is 13.8. The molecule has 0 saturated carbocycles. The van der Waals surface area contributed by atoms with Crippen LogP contribution in [0.5, 0.6) is 0 Å². The molecule has 0 bridgehead atoms. The van der Waals surface area contributed by atoms with Gasteiger partial charge in [-0.2, -0.15) is 13.2 Å². The molecule has 134 valence electrons. The van der Waals surface area contributed by atoms with Gasteiger partial charge in [0.25, 0.3) is 0 Å². The Bertz CT molecular complexity index is 601. The summed E-state index contributed by atoms with van der Waals surface area (Å²) < 4.78 is 48.5. The average molecular weight is 368 g/mol. The first-order chi connectivity index (χ1) is 11.1. The van der Waals surface area contributed by atoms with Gasteiger partial charge in [0.05, 0.1) is 29.5 Å². The number of ether oxygens (including phenoxy) is 2. The molecular weight excluding hydrogens is 351 g/mol. The number of nitrogen functional groups attached to an aromatic ring is 1. The number of esters is 2. The Hall–Kier alpha value is -1.96. The van der Waals surface area contributed by atoms with Gasteiger partial charge in [0, 0.05) is 0 Å². The number of benzene rings is 1. The van der Waals surface area contributed by atoms with E-state index in [1.165, 1.54) is 6.07 Å². The quantitative estimate of drug-likeness (QED) is 0.474. The van der Waals surface area contributed by atoms with Gasteiger partial charge in [0.2, 0.25) is 0 Å². The van der Waals surface area contributed by atoms with E-state index in [0.29, 0.717) is 0 Å². The number of carbonyl (C=O) groups excluding carboxylic acids is 2. The Balaban J connectivity index is 3.20. The van der Waals surface area contributed by atoms with Crippen molar-refractivity contribution in [3.05, 3.63) is 28.3 Å². The largest absolute Gasteiger partial charge is 0.465 e. The topological polar surface area (TPSA) is 78.6 Å². The third-order valence-corrected chi connectivity index (χ3v) is 3.39. The molecule has 0 amide bonds. The van der Waals surface area contributed by atoms with Crippen LogP contribution in [0.3, 0.4) is 0 Å². The zero-order valence-electron chi connectivity index (χ0n) is 13.1. The maximum atomic E-state index is 13.0. The Morgan fingerprint density at radius 2 is 1.67 bits per heavy atom. The summed E-state index contributed by atoms with van der Waals surface area (Å²) >= 11 is 5.73. The molecule has 0 aromatic heterocycles. The summed E-state index contributed by atoms with van der Waals surface area (Å²) in [6, 6.07) is 1.93. The number of hydrogen-bond acceptors (Lipinski definition) is 5. The Morgan fingerprint density at radius 3 is 2.08 bits per heavy atom. The second kappa shape index (κ2) is 8.23. The highest BCUT2D eigenvalue weighted by Crippen LogP contribution is 2.38. The van der Waals surface area contributed by atoms with Crippen LogP contribution < -0.4 is 5.73 Å². The van der Waals surface area contributed by atoms with Crippen molar-refractivity contribution < 1.29 is 32.2 Å². The van der Waals surface area contributed by atoms with Gasteiger partial charge in [-0.05, 0) is 38.0 Å². The summed E-state index contributed by atoms with van der Waals surface area (Å²) in [5.74, 6) is -3.14. The maximum absolute atomic E-state index is 13.0. The fraction of sp³-hybridized carbons (Fsp3) is 0.467. The minimum Gasteiger partial charge on any atom is -0.465 e. The predicted octanol–water partition coefficient (Wildman–Crippen LogP) is 3.23. The van der Waals surface area contributed by atoms with Crippen LogP contribution in [0.2, 0.25) is 5.02 Å². The van der Waals surface area contributed by atoms with Gasteiger partial charge >= 0.3 is 18.1 Å². The summed E-state index contributed by atoms with van der Waals surface area (Å²) in [4.78, 5) is 23.8. The number of carbonyl (C=O) groups is 2. The highest BCUT2D eigenvalue weighted by Gasteiger charge is 2.36. The molecule has 0 aliphatic carbocycles. The number of rotatable bonds is 6. The van der Waals surface area contributed by atoms with Crippen LogP contribution in [0.15, 0.2) is 12.1 Å². The van der Waals surface area contributed by atoms with Crippen molar-refractivity contribution >= 4 is 29.2 Å². The molecule has 1 rings (SSSR count). The highest BCUT2D eigenvalue weighted by molar-refractivity contribution is 6.33. The summed E-state index contributed by atoms with van der Waals surface area (Å²) in [5.41, 5.74) is 3.63. The lowest BCUT2D eigenvalue weighted by molar-refractivity contribution is -0.161. The van der Waals surface area contributed by atoms with Crippen LogP contribution >= 0.6 is 11.6 Å². The van der Waals surface area contributed by atoms with Crippen LogP contribution in [0, 0.1) is 5.92 Å². The lowest BCUT2D eigenvalue weighted by atomic mass is 9.97. The van der Waals surface area contributed by atoms with Crippen LogP contribution in [-0.2, 0) is 31.7 Å². The van der Waals surface area contributed by atoms with Crippen molar-refractivity contribution in [1.82, 2.24) is 0 Å². The number of anilines is 1. The van der Waals surface area contributed by atoms with Crippen LogP contribution in [0.25, 0.3) is 0 Å². The highest BCUT2D eigenvalue weighted by atomic mass is 35.5. The van der Waals surface area contributed by atoms with Crippen molar-refractivity contribution in [3.63, 3.8) is 0 Å². The number of halogens is 4. The third-order valence-electron chi connectivity index (χ3n) is 3.08. The fourth-order valence-electron chi connectivity index (χ4n) is 2.01. The summed E-state index contributed by atoms with van der Waals surface area (Å²) in [5, 5.41) is -0.314. The molecule has 1 aromatic carbocycles. The molecule has 0 saturated heterocycles. The van der Waals surface area contributed by atoms with Gasteiger partial charge in [0.1, 0.15) is 0 Å². The SMILES string of the molecule is CCOC(=O)C(Cc1cc(Cl)c(N)c(C(F)(F)F)c1)C(=O)OCC. The molecular formula is C15H17ClF3NO4. The van der Waals surface area contributed by atoms with E-state index in [-0.39, 0.29) is 30.2 Å². The van der Waals surface area contributed by atoms with E-state index in [0.717, 1.165) is 6.07 Å². The van der Waals surface area contributed by atoms with Crippen molar-refractivity contribution in [2.45, 2.75) is 26.4 Å². The predicted molar refractivity (Wildman–Crippen MR) is 81.3 cm³/mol. The van der Waals surface area contributed by atoms with Crippen LogP contribution in [0.4, 0.5) is 18.9 Å². The van der Waals surface area contributed by atoms with Gasteiger partial charge in [-0.15, -0.1) is 0 Å². The summed E-state index contributed by atoms with van der Waals surface area (Å²) in [6.07, 6.45) is -5.06. The standard InChI is InChI=1S/C15H17ClF3NO4/c1-3-23-13(21)9(14(22)24-4-2)5-8-6-10(15(17,18)19)12(20)11(16)7-8/h6-7,9H,3-5,20H2,1-2H3. The van der Waals surface area contributed by atoms with E-state index < -0.39 is 35.3 Å². The first kappa shape index (κ1) is 20.1. The first-order valence-electron chi connectivity index (χ1n) is 7.10. The first-order valence-corrected chi connectivity index (χ1v) is 7.47. The Morgan fingerprint density at radius 1 is 1.17 bits per heavy atom. The second-order valence-corrected chi connectivity index (χ2v) is 5.20. The molecule has 1 aromatic rings. The Labute approximate surface area is 141 Å². The summed E-state index contributed by atoms with van der Waals surface area (Å²) in [6.45, 7) is 3.12. The molecule has 2 N–H and O–H groups in total. The Kier molecular flexibility index (Phi) is 6.89. The molecule has 0 atom stereocenters. The van der Waals surface area contributed by atoms with Crippen LogP contribution in [0.1, 0.15) is 25.0 Å². The van der Waals surface area contributed by atoms with E-state index >= 15 is 0 Å². The third kappa shape index (κ3) is 5.02. The normalized spacial score (nSPS) is 11.5. The van der Waals surface area contributed by atoms with E-state index in [1.54, 1.807) is 13.8 Å². The van der Waals surface area contributed by atoms with E-state index in [4.69, 9.17) is 26.8 Å². The minimum atomic E-state index is -4.72. The molecule has 9 heteroatoms. The molecule has 0 unspecified atom stereocenters. The van der Waals surface area contributed by atoms with E-state index in [9.17, 15) is 22.8 Å². The molecule has 0 spiro atoms. The summed E-state index contributed by atoms with van der Waals surface area (Å²) in [7, 11) is 0. The number of hydrogen-bond donors (Lipinski definition) is 1. The van der Waals surface area contributed by atoms with Gasteiger partial charge in [0.15, 0.2) is 5.92 Å². The molecule has 24 heavy (non-hydrogen) atoms. The van der Waals surface area contributed by atoms with Crippen molar-refractivity contribution in [2.75, 3.05) is 18.9 Å². The number of nitrogens with two attached hydrogens (primary N) is 1. The van der Waals surface area contributed by atoms with E-state index in [2.05, 4.69) is 0 Å². The van der Waals surface area contributed by atoms with Crippen LogP contribution in [-0.4, -0.2) is 25.2 Å². The van der Waals surface area contributed by atoms with Crippen molar-refractivity contribution in [3.8, 4) is 0 Å². The zero-order chi connectivity index (χ0) is 18.5. The molecule has 0 fully saturated rings. The fourth-order valence-corrected chi connectivity index (χ4v) is 2.25. The smallest absolute Gasteiger partial charge is 0.418 e. The molecule has 0 aliphatic heterocycles. The van der Waals surface area contributed by atoms with Gasteiger partial charge in [-0.1, -0.05) is 11.6 Å². The molecule has 0 heterocycles. The average Bonchev–Trinajstić information content (AvgIpc) is 2.47. The lowest BCUT2D eigenvalue weighted by Crippen LogP contribution is -2.30. The van der Waals surface area contributed by atoms with E-state index in [1.807, 2.05) is 0 Å². The molecule has 0 radical (unpaired) electrons. The maximum Gasteiger partial charge on any atom is 0.418 e.